The van der Waals surface area contributed by atoms with Crippen molar-refractivity contribution in [3.05, 3.63) is 11.6 Å². The first-order valence-corrected chi connectivity index (χ1v) is 6.27. The number of unbranched alkanes of at least 4 members (excludes halogenated alkanes) is 2. The van der Waals surface area contributed by atoms with Crippen LogP contribution in [0.2, 0.25) is 0 Å². The van der Waals surface area contributed by atoms with Crippen LogP contribution in [0.5, 0.6) is 0 Å². The molecule has 14 heavy (non-hydrogen) atoms. The van der Waals surface area contributed by atoms with Crippen LogP contribution < -0.4 is 0 Å². The second-order valence-corrected chi connectivity index (χ2v) is 4.38. The summed E-state index contributed by atoms with van der Waals surface area (Å²) in [5, 5.41) is 0. The van der Waals surface area contributed by atoms with E-state index in [9.17, 15) is 0 Å². The van der Waals surface area contributed by atoms with E-state index in [2.05, 4.69) is 24.8 Å². The first-order valence-electron chi connectivity index (χ1n) is 6.27. The van der Waals surface area contributed by atoms with Gasteiger partial charge in [-0.25, -0.2) is 0 Å². The molecule has 0 aromatic carbocycles. The maximum absolute atomic E-state index is 2.62. The summed E-state index contributed by atoms with van der Waals surface area (Å²) in [6, 6.07) is 0. The molecule has 1 aliphatic heterocycles. The molecular formula is C13H25N. The topological polar surface area (TPSA) is 3.24 Å². The summed E-state index contributed by atoms with van der Waals surface area (Å²) in [6.45, 7) is 8.39. The molecule has 0 amide bonds. The summed E-state index contributed by atoms with van der Waals surface area (Å²) in [6.07, 6.45) is 10.5. The molecule has 0 saturated carbocycles. The van der Waals surface area contributed by atoms with Gasteiger partial charge in [-0.05, 0) is 32.2 Å². The Labute approximate surface area is 89.2 Å². The molecule has 0 N–H and O–H groups in total. The molecule has 0 atom stereocenters. The van der Waals surface area contributed by atoms with Crippen LogP contribution in [0.3, 0.4) is 0 Å². The van der Waals surface area contributed by atoms with Crippen molar-refractivity contribution in [2.75, 3.05) is 19.6 Å². The van der Waals surface area contributed by atoms with E-state index in [-0.39, 0.29) is 0 Å². The summed E-state index contributed by atoms with van der Waals surface area (Å²) >= 11 is 0. The molecule has 0 aliphatic carbocycles. The normalized spacial score (nSPS) is 18.3. The van der Waals surface area contributed by atoms with Crippen LogP contribution in [0.25, 0.3) is 0 Å². The number of hydrogen-bond acceptors (Lipinski definition) is 1. The highest BCUT2D eigenvalue weighted by Crippen LogP contribution is 2.15. The van der Waals surface area contributed by atoms with E-state index in [0.717, 1.165) is 0 Å². The summed E-state index contributed by atoms with van der Waals surface area (Å²) in [7, 11) is 0. The van der Waals surface area contributed by atoms with Gasteiger partial charge in [0.2, 0.25) is 0 Å². The highest BCUT2D eigenvalue weighted by atomic mass is 15.1. The van der Waals surface area contributed by atoms with Crippen molar-refractivity contribution in [1.82, 2.24) is 4.90 Å². The van der Waals surface area contributed by atoms with Crippen molar-refractivity contribution in [2.45, 2.75) is 52.4 Å². The first-order chi connectivity index (χ1) is 6.86. The fraction of sp³-hybridized carbons (Fsp3) is 0.846. The SMILES string of the molecule is CCCCC1=CCCN(CCCC)C1. The molecule has 0 aromatic rings. The number of hydrogen-bond donors (Lipinski definition) is 0. The van der Waals surface area contributed by atoms with E-state index in [1.165, 1.54) is 58.2 Å². The maximum atomic E-state index is 2.62. The van der Waals surface area contributed by atoms with Crippen LogP contribution >= 0.6 is 0 Å². The quantitative estimate of drug-likeness (QED) is 0.585. The number of nitrogens with zero attached hydrogens (tertiary/aromatic N) is 1. The third-order valence-corrected chi connectivity index (χ3v) is 2.98. The van der Waals surface area contributed by atoms with Gasteiger partial charge in [-0.15, -0.1) is 0 Å². The highest BCUT2D eigenvalue weighted by Gasteiger charge is 2.10. The van der Waals surface area contributed by atoms with Gasteiger partial charge >= 0.3 is 0 Å². The van der Waals surface area contributed by atoms with Crippen LogP contribution in [-0.4, -0.2) is 24.5 Å². The van der Waals surface area contributed by atoms with E-state index >= 15 is 0 Å². The molecule has 0 fully saturated rings. The lowest BCUT2D eigenvalue weighted by Crippen LogP contribution is -2.30. The monoisotopic (exact) mass is 195 g/mol. The lowest BCUT2D eigenvalue weighted by molar-refractivity contribution is 0.282. The Morgan fingerprint density at radius 2 is 2.00 bits per heavy atom. The Kier molecular flexibility index (Phi) is 5.93. The van der Waals surface area contributed by atoms with Crippen molar-refractivity contribution in [2.24, 2.45) is 0 Å². The van der Waals surface area contributed by atoms with Crippen LogP contribution in [0.1, 0.15) is 52.4 Å². The molecule has 1 nitrogen and oxygen atoms in total. The van der Waals surface area contributed by atoms with Gasteiger partial charge in [0, 0.05) is 13.1 Å². The summed E-state index contributed by atoms with van der Waals surface area (Å²) in [5.41, 5.74) is 1.69. The molecule has 0 spiro atoms. The van der Waals surface area contributed by atoms with Gasteiger partial charge in [0.25, 0.3) is 0 Å². The Hall–Kier alpha value is -0.300. The van der Waals surface area contributed by atoms with Gasteiger partial charge < -0.3 is 0 Å². The van der Waals surface area contributed by atoms with Crippen LogP contribution in [0.4, 0.5) is 0 Å². The van der Waals surface area contributed by atoms with Crippen LogP contribution in [0, 0.1) is 0 Å². The third-order valence-electron chi connectivity index (χ3n) is 2.98. The predicted octanol–water partition coefficient (Wildman–Crippen LogP) is 3.61. The molecule has 1 aliphatic rings. The summed E-state index contributed by atoms with van der Waals surface area (Å²) in [5.74, 6) is 0. The molecule has 0 bridgehead atoms. The molecule has 1 heterocycles. The highest BCUT2D eigenvalue weighted by molar-refractivity contribution is 5.07. The summed E-state index contributed by atoms with van der Waals surface area (Å²) < 4.78 is 0. The standard InChI is InChI=1S/C13H25N/c1-3-5-8-13-9-7-11-14(12-13)10-6-4-2/h9H,3-8,10-12H2,1-2H3. The minimum Gasteiger partial charge on any atom is -0.299 e. The third kappa shape index (κ3) is 4.28. The van der Waals surface area contributed by atoms with Crippen LogP contribution in [0.15, 0.2) is 11.6 Å². The van der Waals surface area contributed by atoms with E-state index in [4.69, 9.17) is 0 Å². The fourth-order valence-electron chi connectivity index (χ4n) is 2.04. The predicted molar refractivity (Wildman–Crippen MR) is 63.6 cm³/mol. The Bertz CT molecular complexity index is 172. The molecule has 0 aromatic heterocycles. The average molecular weight is 195 g/mol. The zero-order chi connectivity index (χ0) is 10.2. The van der Waals surface area contributed by atoms with Gasteiger partial charge in [0.15, 0.2) is 0 Å². The van der Waals surface area contributed by atoms with Gasteiger partial charge in [-0.2, -0.15) is 0 Å². The minimum absolute atomic E-state index is 1.25. The Morgan fingerprint density at radius 1 is 1.21 bits per heavy atom. The maximum Gasteiger partial charge on any atom is 0.0192 e. The molecule has 1 heteroatoms. The second kappa shape index (κ2) is 7.05. The van der Waals surface area contributed by atoms with Crippen molar-refractivity contribution < 1.29 is 0 Å². The van der Waals surface area contributed by atoms with E-state index in [1.807, 2.05) is 0 Å². The first kappa shape index (κ1) is 11.8. The van der Waals surface area contributed by atoms with E-state index in [0.29, 0.717) is 0 Å². The van der Waals surface area contributed by atoms with E-state index in [1.54, 1.807) is 5.57 Å². The zero-order valence-electron chi connectivity index (χ0n) is 9.89. The average Bonchev–Trinajstić information content (AvgIpc) is 2.24. The molecule has 0 unspecified atom stereocenters. The van der Waals surface area contributed by atoms with Crippen LogP contribution in [-0.2, 0) is 0 Å². The molecule has 0 radical (unpaired) electrons. The molecular weight excluding hydrogens is 170 g/mol. The smallest absolute Gasteiger partial charge is 0.0192 e. The molecule has 0 saturated heterocycles. The Morgan fingerprint density at radius 3 is 2.71 bits per heavy atom. The fourth-order valence-corrected chi connectivity index (χ4v) is 2.04. The van der Waals surface area contributed by atoms with Crippen molar-refractivity contribution in [1.29, 1.82) is 0 Å². The van der Waals surface area contributed by atoms with Crippen molar-refractivity contribution >= 4 is 0 Å². The van der Waals surface area contributed by atoms with Gasteiger partial charge in [0.1, 0.15) is 0 Å². The van der Waals surface area contributed by atoms with Crippen molar-refractivity contribution in [3.63, 3.8) is 0 Å². The molecule has 1 rings (SSSR count). The van der Waals surface area contributed by atoms with Gasteiger partial charge in [-0.1, -0.05) is 38.3 Å². The van der Waals surface area contributed by atoms with Gasteiger partial charge in [-0.3, -0.25) is 4.90 Å². The Balaban J connectivity index is 2.23. The van der Waals surface area contributed by atoms with Gasteiger partial charge in [0.05, 0.1) is 0 Å². The zero-order valence-corrected chi connectivity index (χ0v) is 9.89. The minimum atomic E-state index is 1.25. The second-order valence-electron chi connectivity index (χ2n) is 4.38. The molecule has 82 valence electrons. The summed E-state index contributed by atoms with van der Waals surface area (Å²) in [4.78, 5) is 2.62. The van der Waals surface area contributed by atoms with E-state index < -0.39 is 0 Å². The lowest BCUT2D eigenvalue weighted by Gasteiger charge is -2.27. The largest absolute Gasteiger partial charge is 0.299 e. The lowest BCUT2D eigenvalue weighted by atomic mass is 10.0. The van der Waals surface area contributed by atoms with Crippen molar-refractivity contribution in [3.8, 4) is 0 Å². The number of rotatable bonds is 6.